The summed E-state index contributed by atoms with van der Waals surface area (Å²) in [6, 6.07) is 10.4. The number of aryl methyl sites for hydroxylation is 2. The SMILES string of the molecule is Cc1ccc(-n2nc3c(c2C(=O)NCCS(N)(=O)=O)C(=O)N[C@@](C)(CCc2cccc(OCC(F)(F)F)c2)C3)cc1F. The minimum atomic E-state index is -4.47. The molecular weight excluding hydrogens is 582 g/mol. The smallest absolute Gasteiger partial charge is 0.422 e. The molecule has 10 nitrogen and oxygen atoms in total. The lowest BCUT2D eigenvalue weighted by Gasteiger charge is -2.34. The van der Waals surface area contributed by atoms with Crippen molar-refractivity contribution in [3.63, 3.8) is 0 Å². The molecule has 0 spiro atoms. The summed E-state index contributed by atoms with van der Waals surface area (Å²) >= 11 is 0. The van der Waals surface area contributed by atoms with Gasteiger partial charge in [-0.25, -0.2) is 22.6 Å². The van der Waals surface area contributed by atoms with Crippen LogP contribution in [0.15, 0.2) is 42.5 Å². The molecule has 1 atom stereocenters. The molecule has 15 heteroatoms. The quantitative estimate of drug-likeness (QED) is 0.301. The van der Waals surface area contributed by atoms with Crippen LogP contribution in [0.5, 0.6) is 5.75 Å². The Balaban J connectivity index is 1.61. The van der Waals surface area contributed by atoms with Crippen molar-refractivity contribution in [1.29, 1.82) is 0 Å². The zero-order valence-electron chi connectivity index (χ0n) is 22.7. The van der Waals surface area contributed by atoms with Crippen LogP contribution in [0.4, 0.5) is 17.6 Å². The minimum Gasteiger partial charge on any atom is -0.484 e. The molecule has 0 radical (unpaired) electrons. The number of halogens is 4. The van der Waals surface area contributed by atoms with Crippen LogP contribution in [0.3, 0.4) is 0 Å². The van der Waals surface area contributed by atoms with E-state index in [0.717, 1.165) is 4.68 Å². The number of hydrogen-bond acceptors (Lipinski definition) is 6. The number of fused-ring (bicyclic) bond motifs is 1. The molecule has 4 N–H and O–H groups in total. The van der Waals surface area contributed by atoms with Crippen molar-refractivity contribution < 1.29 is 40.3 Å². The molecule has 226 valence electrons. The van der Waals surface area contributed by atoms with Gasteiger partial charge in [0.25, 0.3) is 11.8 Å². The first-order valence-corrected chi connectivity index (χ1v) is 14.5. The normalized spacial score (nSPS) is 17.0. The highest BCUT2D eigenvalue weighted by atomic mass is 32.2. The number of aromatic nitrogens is 2. The maximum Gasteiger partial charge on any atom is 0.422 e. The zero-order valence-corrected chi connectivity index (χ0v) is 23.5. The van der Waals surface area contributed by atoms with Crippen LogP contribution < -0.4 is 20.5 Å². The average molecular weight is 612 g/mol. The van der Waals surface area contributed by atoms with E-state index in [2.05, 4.69) is 15.7 Å². The lowest BCUT2D eigenvalue weighted by Crippen LogP contribution is -2.52. The molecule has 0 saturated heterocycles. The second kappa shape index (κ2) is 11.7. The number of primary sulfonamides is 1. The molecule has 1 aliphatic rings. The first-order valence-electron chi connectivity index (χ1n) is 12.8. The number of amides is 2. The summed E-state index contributed by atoms with van der Waals surface area (Å²) in [5, 5.41) is 14.8. The molecule has 0 aliphatic carbocycles. The van der Waals surface area contributed by atoms with E-state index in [9.17, 15) is 35.6 Å². The van der Waals surface area contributed by atoms with Gasteiger partial charge in [-0.05, 0) is 62.1 Å². The van der Waals surface area contributed by atoms with Gasteiger partial charge in [-0.15, -0.1) is 0 Å². The molecule has 0 fully saturated rings. The number of ether oxygens (including phenoxy) is 1. The molecule has 0 saturated carbocycles. The van der Waals surface area contributed by atoms with E-state index in [1.54, 1.807) is 26.0 Å². The fourth-order valence-corrected chi connectivity index (χ4v) is 4.99. The number of rotatable bonds is 10. The predicted molar refractivity (Wildman–Crippen MR) is 144 cm³/mol. The Hall–Kier alpha value is -3.98. The molecule has 3 aromatic rings. The van der Waals surface area contributed by atoms with Crippen LogP contribution in [0.25, 0.3) is 5.69 Å². The summed E-state index contributed by atoms with van der Waals surface area (Å²) in [4.78, 5) is 26.6. The van der Waals surface area contributed by atoms with Gasteiger partial charge in [-0.1, -0.05) is 18.2 Å². The second-order valence-electron chi connectivity index (χ2n) is 10.4. The maximum atomic E-state index is 14.4. The van der Waals surface area contributed by atoms with Crippen LogP contribution in [0, 0.1) is 12.7 Å². The fraction of sp³-hybridized carbons (Fsp3) is 0.370. The maximum absolute atomic E-state index is 14.4. The van der Waals surface area contributed by atoms with E-state index >= 15 is 0 Å². The van der Waals surface area contributed by atoms with Gasteiger partial charge in [0, 0.05) is 18.5 Å². The van der Waals surface area contributed by atoms with E-state index < -0.39 is 51.7 Å². The first-order chi connectivity index (χ1) is 19.5. The van der Waals surface area contributed by atoms with Crippen molar-refractivity contribution in [2.24, 2.45) is 5.14 Å². The summed E-state index contributed by atoms with van der Waals surface area (Å²) in [7, 11) is -3.87. The molecule has 4 rings (SSSR count). The Morgan fingerprint density at radius 1 is 1.24 bits per heavy atom. The average Bonchev–Trinajstić information content (AvgIpc) is 3.26. The lowest BCUT2D eigenvalue weighted by molar-refractivity contribution is -0.153. The number of benzene rings is 2. The molecule has 2 amide bonds. The standard InChI is InChI=1S/C27H29F4N5O5S/c1-16-6-7-18(13-20(16)28)36-23(25(38)33-10-11-42(32,39)40)22-21(35-36)14-26(2,34-24(22)37)9-8-17-4-3-5-19(12-17)41-15-27(29,30)31/h3-7,12-13H,8-11,14-15H2,1-2H3,(H,33,38)(H,34,37)(H2,32,39,40)/t26-/m0/s1. The third kappa shape index (κ3) is 7.64. The number of nitrogens with zero attached hydrogens (tertiary/aromatic N) is 2. The molecule has 0 bridgehead atoms. The Kier molecular flexibility index (Phi) is 8.64. The van der Waals surface area contributed by atoms with E-state index in [4.69, 9.17) is 9.88 Å². The van der Waals surface area contributed by atoms with Gasteiger partial charge in [0.05, 0.1) is 22.7 Å². The van der Waals surface area contributed by atoms with Crippen molar-refractivity contribution in [2.75, 3.05) is 18.9 Å². The zero-order chi connectivity index (χ0) is 30.9. The second-order valence-corrected chi connectivity index (χ2v) is 12.1. The number of alkyl halides is 3. The minimum absolute atomic E-state index is 0.0379. The Morgan fingerprint density at radius 3 is 2.64 bits per heavy atom. The third-order valence-electron chi connectivity index (χ3n) is 6.71. The Bertz CT molecular complexity index is 1620. The molecule has 1 aliphatic heterocycles. The van der Waals surface area contributed by atoms with Crippen molar-refractivity contribution >= 4 is 21.8 Å². The van der Waals surface area contributed by atoms with Crippen LogP contribution in [-0.4, -0.2) is 60.6 Å². The van der Waals surface area contributed by atoms with Crippen molar-refractivity contribution in [2.45, 2.75) is 44.8 Å². The molecule has 42 heavy (non-hydrogen) atoms. The third-order valence-corrected chi connectivity index (χ3v) is 7.48. The van der Waals surface area contributed by atoms with Crippen LogP contribution in [0.2, 0.25) is 0 Å². The van der Waals surface area contributed by atoms with Gasteiger partial charge in [-0.3, -0.25) is 9.59 Å². The predicted octanol–water partition coefficient (Wildman–Crippen LogP) is 2.96. The number of carbonyl (C=O) groups is 2. The van der Waals surface area contributed by atoms with E-state index in [-0.39, 0.29) is 41.4 Å². The first kappa shape index (κ1) is 31.0. The fourth-order valence-electron chi connectivity index (χ4n) is 4.60. The van der Waals surface area contributed by atoms with Gasteiger partial charge in [0.1, 0.15) is 17.3 Å². The largest absolute Gasteiger partial charge is 0.484 e. The van der Waals surface area contributed by atoms with Gasteiger partial charge < -0.3 is 15.4 Å². The Labute approximate surface area is 239 Å². The van der Waals surface area contributed by atoms with Crippen LogP contribution >= 0.6 is 0 Å². The van der Waals surface area contributed by atoms with Gasteiger partial charge in [-0.2, -0.15) is 18.3 Å². The monoisotopic (exact) mass is 611 g/mol. The van der Waals surface area contributed by atoms with Crippen molar-refractivity contribution in [1.82, 2.24) is 20.4 Å². The Morgan fingerprint density at radius 2 is 1.98 bits per heavy atom. The summed E-state index contributed by atoms with van der Waals surface area (Å²) in [5.41, 5.74) is 0.391. The molecule has 0 unspecified atom stereocenters. The number of nitrogens with two attached hydrogens (primary N) is 1. The summed E-state index contributed by atoms with van der Waals surface area (Å²) < 4.78 is 80.6. The highest BCUT2D eigenvalue weighted by molar-refractivity contribution is 7.89. The van der Waals surface area contributed by atoms with Crippen LogP contribution in [0.1, 0.15) is 51.0 Å². The topological polar surface area (TPSA) is 145 Å². The molecule has 1 aromatic heterocycles. The van der Waals surface area contributed by atoms with Crippen molar-refractivity contribution in [3.8, 4) is 11.4 Å². The summed E-state index contributed by atoms with van der Waals surface area (Å²) in [5.74, 6) is -2.45. The highest BCUT2D eigenvalue weighted by Crippen LogP contribution is 2.31. The van der Waals surface area contributed by atoms with E-state index in [0.29, 0.717) is 24.0 Å². The van der Waals surface area contributed by atoms with Gasteiger partial charge >= 0.3 is 6.18 Å². The highest BCUT2D eigenvalue weighted by Gasteiger charge is 2.40. The number of hydrogen-bond donors (Lipinski definition) is 3. The summed E-state index contributed by atoms with van der Waals surface area (Å²) in [6.45, 7) is 1.59. The van der Waals surface area contributed by atoms with E-state index in [1.807, 2.05) is 0 Å². The summed E-state index contributed by atoms with van der Waals surface area (Å²) in [6.07, 6.45) is -3.56. The van der Waals surface area contributed by atoms with E-state index in [1.165, 1.54) is 30.3 Å². The van der Waals surface area contributed by atoms with Gasteiger partial charge in [0.2, 0.25) is 10.0 Å². The van der Waals surface area contributed by atoms with Crippen LogP contribution in [-0.2, 0) is 22.9 Å². The van der Waals surface area contributed by atoms with Gasteiger partial charge in [0.15, 0.2) is 6.61 Å². The lowest BCUT2D eigenvalue weighted by atomic mass is 9.84. The molecule has 2 heterocycles. The van der Waals surface area contributed by atoms with Crippen molar-refractivity contribution in [3.05, 3.63) is 76.4 Å². The number of nitrogens with one attached hydrogen (secondary N) is 2. The molecule has 2 aromatic carbocycles. The number of sulfonamides is 1. The number of carbonyl (C=O) groups excluding carboxylic acids is 2. The molecular formula is C27H29F4N5O5S.